The molecule has 0 aliphatic heterocycles. The van der Waals surface area contributed by atoms with Gasteiger partial charge < -0.3 is 0 Å². The van der Waals surface area contributed by atoms with Gasteiger partial charge in [-0.15, -0.1) is 0 Å². The number of sulfonamides is 1. The molecule has 2 rings (SSSR count). The van der Waals surface area contributed by atoms with E-state index in [4.69, 9.17) is 0 Å². The maximum atomic E-state index is 13.1. The zero-order valence-corrected chi connectivity index (χ0v) is 13.6. The molecule has 0 bridgehead atoms. The number of halogens is 2. The molecule has 2 aromatic rings. The lowest BCUT2D eigenvalue weighted by Gasteiger charge is -2.09. The van der Waals surface area contributed by atoms with Crippen LogP contribution in [0.1, 0.15) is 6.92 Å². The summed E-state index contributed by atoms with van der Waals surface area (Å²) in [6.45, 7) is 1.49. The van der Waals surface area contributed by atoms with Gasteiger partial charge in [-0.25, -0.2) is 25.6 Å². The molecule has 0 unspecified atom stereocenters. The first-order valence-electron chi connectivity index (χ1n) is 6.46. The maximum Gasteiger partial charge on any atom is 0.262 e. The van der Waals surface area contributed by atoms with Gasteiger partial charge in [-0.3, -0.25) is 4.72 Å². The molecular formula is C14H13F2NO4S2. The number of hydrogen-bond donors (Lipinski definition) is 1. The number of nitrogens with one attached hydrogen (secondary N) is 1. The Morgan fingerprint density at radius 1 is 0.870 bits per heavy atom. The summed E-state index contributed by atoms with van der Waals surface area (Å²) in [5, 5.41) is 0. The molecule has 0 saturated carbocycles. The third kappa shape index (κ3) is 4.05. The van der Waals surface area contributed by atoms with Crippen LogP contribution in [0.2, 0.25) is 0 Å². The first-order valence-corrected chi connectivity index (χ1v) is 9.59. The van der Waals surface area contributed by atoms with Crippen LogP contribution < -0.4 is 4.72 Å². The quantitative estimate of drug-likeness (QED) is 0.888. The molecule has 23 heavy (non-hydrogen) atoms. The summed E-state index contributed by atoms with van der Waals surface area (Å²) in [6.07, 6.45) is 0. The normalized spacial score (nSPS) is 12.1. The molecule has 1 N–H and O–H groups in total. The van der Waals surface area contributed by atoms with E-state index in [-0.39, 0.29) is 16.3 Å². The fourth-order valence-corrected chi connectivity index (χ4v) is 3.78. The Kier molecular flexibility index (Phi) is 4.71. The van der Waals surface area contributed by atoms with Gasteiger partial charge in [-0.1, -0.05) is 6.92 Å². The summed E-state index contributed by atoms with van der Waals surface area (Å²) in [6, 6.07) is 6.95. The second kappa shape index (κ2) is 6.25. The van der Waals surface area contributed by atoms with E-state index in [1.165, 1.54) is 31.2 Å². The molecule has 0 spiro atoms. The summed E-state index contributed by atoms with van der Waals surface area (Å²) in [5.41, 5.74) is 0.0738. The molecule has 9 heteroatoms. The summed E-state index contributed by atoms with van der Waals surface area (Å²) in [4.78, 5) is -0.514. The van der Waals surface area contributed by atoms with Gasteiger partial charge in [-0.2, -0.15) is 0 Å². The van der Waals surface area contributed by atoms with Crippen LogP contribution in [0.15, 0.2) is 52.3 Å². The van der Waals surface area contributed by atoms with E-state index < -0.39 is 36.4 Å². The predicted molar refractivity (Wildman–Crippen MR) is 81.3 cm³/mol. The van der Waals surface area contributed by atoms with Gasteiger partial charge in [-0.05, 0) is 36.4 Å². The first-order chi connectivity index (χ1) is 10.6. The highest BCUT2D eigenvalue weighted by atomic mass is 32.2. The highest BCUT2D eigenvalue weighted by molar-refractivity contribution is 7.92. The van der Waals surface area contributed by atoms with E-state index in [0.717, 1.165) is 0 Å². The lowest BCUT2D eigenvalue weighted by molar-refractivity contribution is 0.568. The van der Waals surface area contributed by atoms with Gasteiger partial charge in [0.15, 0.2) is 9.84 Å². The lowest BCUT2D eigenvalue weighted by atomic mass is 10.3. The standard InChI is InChI=1S/C14H13F2NO4S2/c1-2-22(18,19)13-5-3-12(4-6-13)17-23(20,21)14-8-10(15)7-11(16)9-14/h3-9,17H,2H2,1H3. The van der Waals surface area contributed by atoms with E-state index in [2.05, 4.69) is 4.72 Å². The molecule has 5 nitrogen and oxygen atoms in total. The van der Waals surface area contributed by atoms with Crippen LogP contribution in [-0.2, 0) is 19.9 Å². The van der Waals surface area contributed by atoms with Gasteiger partial charge in [0.1, 0.15) is 11.6 Å². The SMILES string of the molecule is CCS(=O)(=O)c1ccc(NS(=O)(=O)c2cc(F)cc(F)c2)cc1. The number of rotatable bonds is 5. The molecule has 0 saturated heterocycles. The van der Waals surface area contributed by atoms with Crippen molar-refractivity contribution in [2.75, 3.05) is 10.5 Å². The Bertz CT molecular complexity index is 903. The van der Waals surface area contributed by atoms with Crippen molar-refractivity contribution in [2.45, 2.75) is 16.7 Å². The Morgan fingerprint density at radius 2 is 1.39 bits per heavy atom. The third-order valence-corrected chi connectivity index (χ3v) is 6.10. The number of sulfone groups is 1. The average molecular weight is 361 g/mol. The van der Waals surface area contributed by atoms with E-state index in [1.54, 1.807) is 0 Å². The summed E-state index contributed by atoms with van der Waals surface area (Å²) in [7, 11) is -7.59. The molecule has 0 atom stereocenters. The lowest BCUT2D eigenvalue weighted by Crippen LogP contribution is -2.13. The molecule has 2 aromatic carbocycles. The molecule has 0 fully saturated rings. The van der Waals surface area contributed by atoms with Gasteiger partial charge >= 0.3 is 0 Å². The minimum Gasteiger partial charge on any atom is -0.280 e. The number of benzene rings is 2. The number of anilines is 1. The van der Waals surface area contributed by atoms with E-state index in [1.807, 2.05) is 0 Å². The fraction of sp³-hybridized carbons (Fsp3) is 0.143. The highest BCUT2D eigenvalue weighted by Crippen LogP contribution is 2.20. The molecular weight excluding hydrogens is 348 g/mol. The van der Waals surface area contributed by atoms with Crippen LogP contribution in [0.25, 0.3) is 0 Å². The van der Waals surface area contributed by atoms with Gasteiger partial charge in [0, 0.05) is 11.8 Å². The smallest absolute Gasteiger partial charge is 0.262 e. The first kappa shape index (κ1) is 17.4. The number of hydrogen-bond acceptors (Lipinski definition) is 4. The fourth-order valence-electron chi connectivity index (χ4n) is 1.79. The van der Waals surface area contributed by atoms with Crippen LogP contribution >= 0.6 is 0 Å². The Morgan fingerprint density at radius 3 is 1.87 bits per heavy atom. The zero-order chi connectivity index (χ0) is 17.3. The monoisotopic (exact) mass is 361 g/mol. The van der Waals surface area contributed by atoms with Gasteiger partial charge in [0.05, 0.1) is 15.5 Å². The molecule has 0 aromatic heterocycles. The summed E-state index contributed by atoms with van der Waals surface area (Å²) < 4.78 is 75.9. The predicted octanol–water partition coefficient (Wildman–Crippen LogP) is 2.56. The molecule has 0 amide bonds. The topological polar surface area (TPSA) is 80.3 Å². The molecule has 0 heterocycles. The largest absolute Gasteiger partial charge is 0.280 e. The minimum atomic E-state index is -4.19. The van der Waals surface area contributed by atoms with Gasteiger partial charge in [0.25, 0.3) is 10.0 Å². The minimum absolute atomic E-state index is 0.0553. The second-order valence-corrected chi connectivity index (χ2v) is 8.60. The van der Waals surface area contributed by atoms with Crippen molar-refractivity contribution in [1.82, 2.24) is 0 Å². The van der Waals surface area contributed by atoms with E-state index in [0.29, 0.717) is 18.2 Å². The molecule has 124 valence electrons. The van der Waals surface area contributed by atoms with Crippen LogP contribution in [0.3, 0.4) is 0 Å². The molecule has 0 aliphatic carbocycles. The van der Waals surface area contributed by atoms with E-state index >= 15 is 0 Å². The highest BCUT2D eigenvalue weighted by Gasteiger charge is 2.17. The van der Waals surface area contributed by atoms with Crippen molar-refractivity contribution >= 4 is 25.5 Å². The van der Waals surface area contributed by atoms with Crippen LogP contribution in [0, 0.1) is 11.6 Å². The van der Waals surface area contributed by atoms with Crippen molar-refractivity contribution in [1.29, 1.82) is 0 Å². The van der Waals surface area contributed by atoms with Crippen LogP contribution in [0.4, 0.5) is 14.5 Å². The average Bonchev–Trinajstić information content (AvgIpc) is 2.46. The Balaban J connectivity index is 2.31. The molecule has 0 radical (unpaired) electrons. The van der Waals surface area contributed by atoms with Crippen LogP contribution in [0.5, 0.6) is 0 Å². The summed E-state index contributed by atoms with van der Waals surface area (Å²) in [5.74, 6) is -2.12. The van der Waals surface area contributed by atoms with Crippen LogP contribution in [-0.4, -0.2) is 22.6 Å². The van der Waals surface area contributed by atoms with Crippen molar-refractivity contribution in [3.05, 3.63) is 54.1 Å². The summed E-state index contributed by atoms with van der Waals surface area (Å²) >= 11 is 0. The second-order valence-electron chi connectivity index (χ2n) is 4.64. The zero-order valence-electron chi connectivity index (χ0n) is 12.0. The third-order valence-electron chi connectivity index (χ3n) is 2.99. The van der Waals surface area contributed by atoms with Crippen molar-refractivity contribution in [3.8, 4) is 0 Å². The van der Waals surface area contributed by atoms with Crippen molar-refractivity contribution in [3.63, 3.8) is 0 Å². The van der Waals surface area contributed by atoms with Crippen molar-refractivity contribution < 1.29 is 25.6 Å². The van der Waals surface area contributed by atoms with Crippen molar-refractivity contribution in [2.24, 2.45) is 0 Å². The van der Waals surface area contributed by atoms with Gasteiger partial charge in [0.2, 0.25) is 0 Å². The molecule has 0 aliphatic rings. The van der Waals surface area contributed by atoms with E-state index in [9.17, 15) is 25.6 Å². The Hall–Kier alpha value is -2.00. The Labute approximate surface area is 132 Å². The maximum absolute atomic E-state index is 13.1.